The van der Waals surface area contributed by atoms with Gasteiger partial charge in [-0.3, -0.25) is 13.9 Å². The van der Waals surface area contributed by atoms with Crippen molar-refractivity contribution in [1.29, 1.82) is 0 Å². The molecule has 0 radical (unpaired) electrons. The van der Waals surface area contributed by atoms with Crippen LogP contribution in [0.4, 0.5) is 5.69 Å². The number of rotatable bonds is 12. The second kappa shape index (κ2) is 13.6. The number of sulfonamides is 1. The molecule has 208 valence electrons. The van der Waals surface area contributed by atoms with Crippen LogP contribution in [0.2, 0.25) is 5.02 Å². The molecule has 0 aromatic heterocycles. The van der Waals surface area contributed by atoms with Gasteiger partial charge in [-0.15, -0.1) is 0 Å². The second-order valence-corrected chi connectivity index (χ2v) is 11.8. The standard InChI is InChI=1S/C30H36ClN3O4S/c1-5-23(4)32-30(36)28(6-2)33(20-24-14-11-10-13-22(24)3)29(35)21-34(26-16-12-15-25(31)19-26)39(37,38)27-17-8-7-9-18-27/h7-19,23,28H,5-6,20-21H2,1-4H3,(H,32,36)/t23-,28+/m0/s1. The van der Waals surface area contributed by atoms with Gasteiger partial charge in [-0.2, -0.15) is 0 Å². The number of hydrogen-bond acceptors (Lipinski definition) is 4. The maximum absolute atomic E-state index is 14.1. The van der Waals surface area contributed by atoms with Gasteiger partial charge in [0.1, 0.15) is 12.6 Å². The van der Waals surface area contributed by atoms with Crippen molar-refractivity contribution in [1.82, 2.24) is 10.2 Å². The molecular formula is C30H36ClN3O4S. The normalized spacial score (nSPS) is 12.8. The third-order valence-electron chi connectivity index (χ3n) is 6.70. The van der Waals surface area contributed by atoms with Gasteiger partial charge in [0.2, 0.25) is 11.8 Å². The molecule has 0 aliphatic carbocycles. The molecule has 2 amide bonds. The summed E-state index contributed by atoms with van der Waals surface area (Å²) in [5.41, 5.74) is 2.10. The van der Waals surface area contributed by atoms with Gasteiger partial charge < -0.3 is 10.2 Å². The van der Waals surface area contributed by atoms with Crippen molar-refractivity contribution in [3.63, 3.8) is 0 Å². The fourth-order valence-corrected chi connectivity index (χ4v) is 5.82. The van der Waals surface area contributed by atoms with E-state index in [1.54, 1.807) is 36.4 Å². The van der Waals surface area contributed by atoms with Crippen molar-refractivity contribution in [3.8, 4) is 0 Å². The highest BCUT2D eigenvalue weighted by Crippen LogP contribution is 2.27. The molecule has 0 spiro atoms. The van der Waals surface area contributed by atoms with E-state index in [4.69, 9.17) is 11.6 Å². The summed E-state index contributed by atoms with van der Waals surface area (Å²) in [6, 6.07) is 21.1. The average molecular weight is 570 g/mol. The molecule has 9 heteroatoms. The lowest BCUT2D eigenvalue weighted by atomic mass is 10.1. The van der Waals surface area contributed by atoms with E-state index >= 15 is 0 Å². The highest BCUT2D eigenvalue weighted by atomic mass is 35.5. The van der Waals surface area contributed by atoms with Crippen molar-refractivity contribution in [2.45, 2.75) is 64.1 Å². The van der Waals surface area contributed by atoms with Crippen LogP contribution in [0.5, 0.6) is 0 Å². The van der Waals surface area contributed by atoms with Crippen LogP contribution in [-0.4, -0.2) is 43.8 Å². The Hall–Kier alpha value is -3.36. The zero-order chi connectivity index (χ0) is 28.6. The molecule has 1 N–H and O–H groups in total. The predicted molar refractivity (Wildman–Crippen MR) is 156 cm³/mol. The number of amides is 2. The first-order valence-corrected chi connectivity index (χ1v) is 14.9. The molecule has 7 nitrogen and oxygen atoms in total. The fourth-order valence-electron chi connectivity index (χ4n) is 4.21. The lowest BCUT2D eigenvalue weighted by molar-refractivity contribution is -0.140. The number of carbonyl (C=O) groups excluding carboxylic acids is 2. The average Bonchev–Trinajstić information content (AvgIpc) is 2.92. The van der Waals surface area contributed by atoms with Crippen LogP contribution in [0.15, 0.2) is 83.8 Å². The van der Waals surface area contributed by atoms with E-state index in [1.165, 1.54) is 23.1 Å². The second-order valence-electron chi connectivity index (χ2n) is 9.49. The number of carbonyl (C=O) groups is 2. The van der Waals surface area contributed by atoms with Crippen molar-refractivity contribution < 1.29 is 18.0 Å². The molecule has 3 aromatic carbocycles. The van der Waals surface area contributed by atoms with Gasteiger partial charge >= 0.3 is 0 Å². The van der Waals surface area contributed by atoms with Crippen molar-refractivity contribution >= 4 is 39.1 Å². The summed E-state index contributed by atoms with van der Waals surface area (Å²) in [6.45, 7) is 7.32. The van der Waals surface area contributed by atoms with Gasteiger partial charge in [0.05, 0.1) is 10.6 Å². The van der Waals surface area contributed by atoms with Crippen LogP contribution in [-0.2, 0) is 26.2 Å². The first kappa shape index (κ1) is 30.2. The van der Waals surface area contributed by atoms with Crippen molar-refractivity contribution in [2.24, 2.45) is 0 Å². The molecular weight excluding hydrogens is 534 g/mol. The van der Waals surface area contributed by atoms with Gasteiger partial charge in [-0.25, -0.2) is 8.42 Å². The summed E-state index contributed by atoms with van der Waals surface area (Å²) in [5.74, 6) is -0.766. The van der Waals surface area contributed by atoms with E-state index in [1.807, 2.05) is 52.0 Å². The Bertz CT molecular complexity index is 1380. The number of hydrogen-bond donors (Lipinski definition) is 1. The fraction of sp³-hybridized carbons (Fsp3) is 0.333. The smallest absolute Gasteiger partial charge is 0.264 e. The molecule has 3 aromatic rings. The third kappa shape index (κ3) is 7.61. The van der Waals surface area contributed by atoms with Crippen molar-refractivity contribution in [3.05, 3.63) is 95.0 Å². The van der Waals surface area contributed by atoms with Gasteiger partial charge in [0.15, 0.2) is 0 Å². The predicted octanol–water partition coefficient (Wildman–Crippen LogP) is 5.57. The van der Waals surface area contributed by atoms with E-state index in [2.05, 4.69) is 5.32 Å². The zero-order valence-corrected chi connectivity index (χ0v) is 24.4. The van der Waals surface area contributed by atoms with E-state index in [-0.39, 0.29) is 29.1 Å². The molecule has 0 heterocycles. The van der Waals surface area contributed by atoms with Crippen LogP contribution in [0.25, 0.3) is 0 Å². The summed E-state index contributed by atoms with van der Waals surface area (Å²) in [5, 5.41) is 3.32. The van der Waals surface area contributed by atoms with E-state index in [0.717, 1.165) is 21.9 Å². The van der Waals surface area contributed by atoms with Crippen LogP contribution in [0.1, 0.15) is 44.7 Å². The molecule has 0 unspecified atom stereocenters. The molecule has 0 aliphatic heterocycles. The highest BCUT2D eigenvalue weighted by molar-refractivity contribution is 7.92. The van der Waals surface area contributed by atoms with Crippen LogP contribution >= 0.6 is 11.6 Å². The molecule has 39 heavy (non-hydrogen) atoms. The minimum absolute atomic E-state index is 0.0461. The summed E-state index contributed by atoms with van der Waals surface area (Å²) >= 11 is 6.22. The number of nitrogens with one attached hydrogen (secondary N) is 1. The lowest BCUT2D eigenvalue weighted by Gasteiger charge is -2.34. The first-order chi connectivity index (χ1) is 18.6. The molecule has 0 fully saturated rings. The Morgan fingerprint density at radius 3 is 2.21 bits per heavy atom. The van der Waals surface area contributed by atoms with Gasteiger partial charge in [-0.05, 0) is 68.1 Å². The molecule has 2 atom stereocenters. The molecule has 3 rings (SSSR count). The Labute approximate surface area is 236 Å². The summed E-state index contributed by atoms with van der Waals surface area (Å²) < 4.78 is 28.7. The van der Waals surface area contributed by atoms with E-state index in [0.29, 0.717) is 11.4 Å². The molecule has 0 aliphatic rings. The van der Waals surface area contributed by atoms with Crippen LogP contribution in [0, 0.1) is 6.92 Å². The number of halogens is 1. The largest absolute Gasteiger partial charge is 0.352 e. The summed E-state index contributed by atoms with van der Waals surface area (Å²) in [4.78, 5) is 28.9. The molecule has 0 saturated heterocycles. The number of anilines is 1. The summed E-state index contributed by atoms with van der Waals surface area (Å²) in [7, 11) is -4.13. The number of aryl methyl sites for hydroxylation is 1. The van der Waals surface area contributed by atoms with Gasteiger partial charge in [-0.1, -0.05) is 74.0 Å². The maximum Gasteiger partial charge on any atom is 0.264 e. The SMILES string of the molecule is CC[C@H](C(=O)N[C@@H](C)CC)N(Cc1ccccc1C)C(=O)CN(c1cccc(Cl)c1)S(=O)(=O)c1ccccc1. The van der Waals surface area contributed by atoms with Crippen molar-refractivity contribution in [2.75, 3.05) is 10.8 Å². The maximum atomic E-state index is 14.1. The minimum Gasteiger partial charge on any atom is -0.352 e. The Morgan fingerprint density at radius 2 is 1.59 bits per heavy atom. The molecule has 0 saturated carbocycles. The topological polar surface area (TPSA) is 86.8 Å². The Kier molecular flexibility index (Phi) is 10.5. The molecule has 0 bridgehead atoms. The quantitative estimate of drug-likeness (QED) is 0.309. The lowest BCUT2D eigenvalue weighted by Crippen LogP contribution is -2.53. The number of nitrogens with zero attached hydrogens (tertiary/aromatic N) is 2. The Balaban J connectivity index is 2.06. The van der Waals surface area contributed by atoms with Crippen LogP contribution < -0.4 is 9.62 Å². The Morgan fingerprint density at radius 1 is 0.923 bits per heavy atom. The highest BCUT2D eigenvalue weighted by Gasteiger charge is 2.34. The zero-order valence-electron chi connectivity index (χ0n) is 22.8. The third-order valence-corrected chi connectivity index (χ3v) is 8.72. The minimum atomic E-state index is -4.13. The van der Waals surface area contributed by atoms with Gasteiger partial charge in [0, 0.05) is 17.6 Å². The number of benzene rings is 3. The van der Waals surface area contributed by atoms with Crippen LogP contribution in [0.3, 0.4) is 0 Å². The first-order valence-electron chi connectivity index (χ1n) is 13.1. The van der Waals surface area contributed by atoms with E-state index < -0.39 is 28.5 Å². The van der Waals surface area contributed by atoms with E-state index in [9.17, 15) is 18.0 Å². The summed E-state index contributed by atoms with van der Waals surface area (Å²) in [6.07, 6.45) is 1.11. The van der Waals surface area contributed by atoms with Gasteiger partial charge in [0.25, 0.3) is 10.0 Å². The monoisotopic (exact) mass is 569 g/mol.